The first-order valence-electron chi connectivity index (χ1n) is 6.92. The SMILES string of the molecule is CCCCCCCN1C(=O)C(=O)c2c(F)ccc(F)c21. The molecule has 0 N–H and O–H groups in total. The van der Waals surface area contributed by atoms with Crippen molar-refractivity contribution >= 4 is 17.4 Å². The Kier molecular flexibility index (Phi) is 4.47. The summed E-state index contributed by atoms with van der Waals surface area (Å²) < 4.78 is 27.4. The van der Waals surface area contributed by atoms with E-state index in [-0.39, 0.29) is 12.2 Å². The number of carbonyl (C=O) groups excluding carboxylic acids is 2. The van der Waals surface area contributed by atoms with Crippen LogP contribution in [0.5, 0.6) is 0 Å². The Morgan fingerprint density at radius 1 is 1.00 bits per heavy atom. The van der Waals surface area contributed by atoms with E-state index in [2.05, 4.69) is 6.92 Å². The predicted octanol–water partition coefficient (Wildman–Crippen LogP) is 3.46. The van der Waals surface area contributed by atoms with Gasteiger partial charge in [0.1, 0.15) is 11.6 Å². The van der Waals surface area contributed by atoms with Gasteiger partial charge in [0.05, 0.1) is 11.3 Å². The highest BCUT2D eigenvalue weighted by molar-refractivity contribution is 6.52. The molecule has 0 spiro atoms. The highest BCUT2D eigenvalue weighted by Crippen LogP contribution is 2.33. The van der Waals surface area contributed by atoms with Crippen molar-refractivity contribution < 1.29 is 18.4 Å². The van der Waals surface area contributed by atoms with Gasteiger partial charge in [-0.2, -0.15) is 0 Å². The van der Waals surface area contributed by atoms with Gasteiger partial charge in [-0.25, -0.2) is 8.78 Å². The minimum Gasteiger partial charge on any atom is -0.302 e. The van der Waals surface area contributed by atoms with E-state index >= 15 is 0 Å². The second kappa shape index (κ2) is 6.11. The van der Waals surface area contributed by atoms with E-state index < -0.39 is 28.9 Å². The summed E-state index contributed by atoms with van der Waals surface area (Å²) in [5, 5.41) is 0. The van der Waals surface area contributed by atoms with E-state index in [4.69, 9.17) is 0 Å². The lowest BCUT2D eigenvalue weighted by Gasteiger charge is -2.16. The molecule has 1 heterocycles. The van der Waals surface area contributed by atoms with Crippen molar-refractivity contribution in [3.8, 4) is 0 Å². The highest BCUT2D eigenvalue weighted by atomic mass is 19.1. The van der Waals surface area contributed by atoms with Crippen molar-refractivity contribution in [1.82, 2.24) is 0 Å². The van der Waals surface area contributed by atoms with E-state index in [1.165, 1.54) is 0 Å². The first kappa shape index (κ1) is 14.6. The van der Waals surface area contributed by atoms with Crippen molar-refractivity contribution in [3.63, 3.8) is 0 Å². The molecular weight excluding hydrogens is 264 g/mol. The van der Waals surface area contributed by atoms with Crippen LogP contribution in [0.2, 0.25) is 0 Å². The third kappa shape index (κ3) is 2.57. The van der Waals surface area contributed by atoms with E-state index in [9.17, 15) is 18.4 Å². The number of hydrogen-bond donors (Lipinski definition) is 0. The van der Waals surface area contributed by atoms with Crippen LogP contribution in [-0.4, -0.2) is 18.2 Å². The summed E-state index contributed by atoms with van der Waals surface area (Å²) in [7, 11) is 0. The molecule has 1 aliphatic heterocycles. The molecule has 3 nitrogen and oxygen atoms in total. The standard InChI is InChI=1S/C15H17F2NO2/c1-2-3-4-5-6-9-18-13-11(17)8-7-10(16)12(13)14(19)15(18)20/h7-8H,2-6,9H2,1H3. The van der Waals surface area contributed by atoms with Crippen LogP contribution in [0.3, 0.4) is 0 Å². The minimum absolute atomic E-state index is 0.199. The number of unbranched alkanes of at least 4 members (excludes halogenated alkanes) is 4. The van der Waals surface area contributed by atoms with E-state index in [0.29, 0.717) is 6.42 Å². The maximum atomic E-state index is 13.8. The smallest absolute Gasteiger partial charge is 0.299 e. The van der Waals surface area contributed by atoms with Gasteiger partial charge in [-0.05, 0) is 18.6 Å². The molecule has 108 valence electrons. The normalized spacial score (nSPS) is 14.1. The van der Waals surface area contributed by atoms with Crippen LogP contribution in [0.15, 0.2) is 12.1 Å². The molecule has 0 aromatic heterocycles. The van der Waals surface area contributed by atoms with Gasteiger partial charge in [-0.15, -0.1) is 0 Å². The molecule has 0 unspecified atom stereocenters. The van der Waals surface area contributed by atoms with Gasteiger partial charge in [0, 0.05) is 6.54 Å². The number of fused-ring (bicyclic) bond motifs is 1. The second-order valence-corrected chi connectivity index (χ2v) is 4.95. The molecule has 0 fully saturated rings. The molecule has 2 rings (SSSR count). The Morgan fingerprint density at radius 2 is 1.65 bits per heavy atom. The fourth-order valence-electron chi connectivity index (χ4n) is 2.44. The van der Waals surface area contributed by atoms with E-state index in [1.54, 1.807) is 0 Å². The van der Waals surface area contributed by atoms with Crippen LogP contribution >= 0.6 is 0 Å². The molecule has 20 heavy (non-hydrogen) atoms. The Balaban J connectivity index is 2.14. The fraction of sp³-hybridized carbons (Fsp3) is 0.467. The quantitative estimate of drug-likeness (QED) is 0.591. The van der Waals surface area contributed by atoms with E-state index in [1.807, 2.05) is 0 Å². The summed E-state index contributed by atoms with van der Waals surface area (Å²) in [6.45, 7) is 2.35. The van der Waals surface area contributed by atoms with Gasteiger partial charge in [0.25, 0.3) is 11.7 Å². The number of carbonyl (C=O) groups is 2. The monoisotopic (exact) mass is 281 g/mol. The molecule has 0 radical (unpaired) electrons. The number of amides is 1. The predicted molar refractivity (Wildman–Crippen MR) is 71.8 cm³/mol. The zero-order chi connectivity index (χ0) is 14.7. The lowest BCUT2D eigenvalue weighted by molar-refractivity contribution is -0.114. The molecule has 1 amide bonds. The summed E-state index contributed by atoms with van der Waals surface area (Å²) in [4.78, 5) is 24.6. The van der Waals surface area contributed by atoms with E-state index in [0.717, 1.165) is 42.7 Å². The Hall–Kier alpha value is -1.78. The number of rotatable bonds is 6. The van der Waals surface area contributed by atoms with Crippen LogP contribution in [0.4, 0.5) is 14.5 Å². The number of benzene rings is 1. The number of anilines is 1. The second-order valence-electron chi connectivity index (χ2n) is 4.95. The van der Waals surface area contributed by atoms with Crippen molar-refractivity contribution in [2.45, 2.75) is 39.0 Å². The lowest BCUT2D eigenvalue weighted by atomic mass is 10.1. The fourth-order valence-corrected chi connectivity index (χ4v) is 2.44. The minimum atomic E-state index is -0.953. The zero-order valence-corrected chi connectivity index (χ0v) is 11.4. The van der Waals surface area contributed by atoms with Crippen LogP contribution in [0, 0.1) is 11.6 Å². The number of hydrogen-bond acceptors (Lipinski definition) is 2. The molecule has 0 bridgehead atoms. The number of Topliss-reactive ketones (excluding diaryl/α,β-unsaturated/α-hetero) is 1. The van der Waals surface area contributed by atoms with Crippen molar-refractivity contribution in [3.05, 3.63) is 29.3 Å². The van der Waals surface area contributed by atoms with Crippen LogP contribution < -0.4 is 4.90 Å². The van der Waals surface area contributed by atoms with Gasteiger partial charge >= 0.3 is 0 Å². The number of nitrogens with zero attached hydrogens (tertiary/aromatic N) is 1. The molecule has 5 heteroatoms. The topological polar surface area (TPSA) is 37.4 Å². The van der Waals surface area contributed by atoms with Crippen molar-refractivity contribution in [2.75, 3.05) is 11.4 Å². The Morgan fingerprint density at radius 3 is 2.35 bits per heavy atom. The summed E-state index contributed by atoms with van der Waals surface area (Å²) in [6.07, 6.45) is 4.81. The van der Waals surface area contributed by atoms with Crippen LogP contribution in [0.25, 0.3) is 0 Å². The molecule has 0 saturated carbocycles. The summed E-state index contributed by atoms with van der Waals surface area (Å²) in [5.74, 6) is -3.35. The molecule has 0 saturated heterocycles. The van der Waals surface area contributed by atoms with Crippen molar-refractivity contribution in [1.29, 1.82) is 0 Å². The van der Waals surface area contributed by atoms with Crippen LogP contribution in [-0.2, 0) is 4.79 Å². The van der Waals surface area contributed by atoms with Gasteiger partial charge < -0.3 is 4.90 Å². The van der Waals surface area contributed by atoms with Gasteiger partial charge in [-0.3, -0.25) is 9.59 Å². The van der Waals surface area contributed by atoms with Crippen LogP contribution in [0.1, 0.15) is 49.4 Å². The zero-order valence-electron chi connectivity index (χ0n) is 11.4. The molecule has 0 atom stereocenters. The Labute approximate surface area is 116 Å². The average Bonchev–Trinajstić information content (AvgIpc) is 2.68. The third-order valence-electron chi connectivity index (χ3n) is 3.50. The molecule has 1 aromatic carbocycles. The van der Waals surface area contributed by atoms with Gasteiger partial charge in [0.15, 0.2) is 0 Å². The third-order valence-corrected chi connectivity index (χ3v) is 3.50. The largest absolute Gasteiger partial charge is 0.302 e. The summed E-state index contributed by atoms with van der Waals surface area (Å²) in [6, 6.07) is 1.83. The first-order valence-corrected chi connectivity index (χ1v) is 6.92. The highest BCUT2D eigenvalue weighted by Gasteiger charge is 2.40. The number of ketones is 1. The summed E-state index contributed by atoms with van der Waals surface area (Å²) >= 11 is 0. The molecule has 0 aliphatic carbocycles. The lowest BCUT2D eigenvalue weighted by Crippen LogP contribution is -2.31. The Bertz CT molecular complexity index is 543. The van der Waals surface area contributed by atoms with Gasteiger partial charge in [-0.1, -0.05) is 32.6 Å². The maximum absolute atomic E-state index is 13.8. The number of halogens is 2. The first-order chi connectivity index (χ1) is 9.57. The summed E-state index contributed by atoms with van der Waals surface area (Å²) in [5.41, 5.74) is -0.626. The maximum Gasteiger partial charge on any atom is 0.299 e. The van der Waals surface area contributed by atoms with Gasteiger partial charge in [0.2, 0.25) is 0 Å². The molecule has 1 aromatic rings. The average molecular weight is 281 g/mol. The van der Waals surface area contributed by atoms with Crippen molar-refractivity contribution in [2.24, 2.45) is 0 Å². The molecule has 1 aliphatic rings. The molecular formula is C15H17F2NO2.